The Hall–Kier alpha value is -0.430. The maximum atomic E-state index is 10.5. The normalized spacial score (nSPS) is 12.8. The van der Waals surface area contributed by atoms with E-state index in [9.17, 15) is 9.00 Å². The van der Waals surface area contributed by atoms with Gasteiger partial charge in [0.15, 0.2) is 11.1 Å². The minimum absolute atomic E-state index is 0.155. The molecular formula is C5H3ClO4S2. The summed E-state index contributed by atoms with van der Waals surface area (Å²) in [4.78, 5) is 10.1. The van der Waals surface area contributed by atoms with E-state index in [2.05, 4.69) is 0 Å². The maximum absolute atomic E-state index is 10.5. The Kier molecular flexibility index (Phi) is 2.84. The lowest BCUT2D eigenvalue weighted by atomic mass is 10.5. The highest BCUT2D eigenvalue weighted by Crippen LogP contribution is 2.28. The van der Waals surface area contributed by atoms with Crippen LogP contribution in [0.5, 0.6) is 0 Å². The number of thiophene rings is 1. The Labute approximate surface area is 79.1 Å². The number of carboxylic acid groups (broad SMARTS) is 1. The van der Waals surface area contributed by atoms with Gasteiger partial charge in [-0.25, -0.2) is 9.00 Å². The van der Waals surface area contributed by atoms with Crippen LogP contribution in [-0.2, 0) is 11.1 Å². The minimum Gasteiger partial charge on any atom is -0.477 e. The van der Waals surface area contributed by atoms with Gasteiger partial charge in [-0.2, -0.15) is 0 Å². The molecule has 1 aromatic heterocycles. The third-order valence-electron chi connectivity index (χ3n) is 1.05. The van der Waals surface area contributed by atoms with Crippen LogP contribution in [0.2, 0.25) is 4.34 Å². The molecule has 1 aromatic rings. The molecule has 0 aliphatic carbocycles. The fraction of sp³-hybridized carbons (Fsp3) is 0. The van der Waals surface area contributed by atoms with Gasteiger partial charge in [-0.15, -0.1) is 11.3 Å². The number of carboxylic acids is 1. The molecule has 0 aromatic carbocycles. The Morgan fingerprint density at radius 2 is 2.25 bits per heavy atom. The fourth-order valence-corrected chi connectivity index (χ4v) is 2.53. The van der Waals surface area contributed by atoms with Gasteiger partial charge in [-0.05, 0) is 6.07 Å². The van der Waals surface area contributed by atoms with Gasteiger partial charge in [-0.3, -0.25) is 0 Å². The summed E-state index contributed by atoms with van der Waals surface area (Å²) < 4.78 is 19.3. The molecular weight excluding hydrogens is 224 g/mol. The number of halogens is 1. The molecule has 1 atom stereocenters. The Balaban J connectivity index is 3.26. The summed E-state index contributed by atoms with van der Waals surface area (Å²) in [6, 6.07) is 1.17. The first-order valence-corrected chi connectivity index (χ1v) is 4.96. The first-order valence-electron chi connectivity index (χ1n) is 2.66. The lowest BCUT2D eigenvalue weighted by molar-refractivity contribution is 0.0698. The van der Waals surface area contributed by atoms with Crippen LogP contribution in [0.15, 0.2) is 11.0 Å². The van der Waals surface area contributed by atoms with E-state index in [1.165, 1.54) is 6.07 Å². The van der Waals surface area contributed by atoms with Gasteiger partial charge in [0.1, 0.15) is 4.88 Å². The van der Waals surface area contributed by atoms with Crippen molar-refractivity contribution in [2.75, 3.05) is 0 Å². The topological polar surface area (TPSA) is 74.6 Å². The summed E-state index contributed by atoms with van der Waals surface area (Å²) in [6.45, 7) is 0. The van der Waals surface area contributed by atoms with E-state index in [0.717, 1.165) is 11.3 Å². The van der Waals surface area contributed by atoms with Crippen LogP contribution in [0.1, 0.15) is 9.67 Å². The summed E-state index contributed by atoms with van der Waals surface area (Å²) in [7, 11) is 0. The molecule has 0 saturated heterocycles. The highest BCUT2D eigenvalue weighted by Gasteiger charge is 2.18. The van der Waals surface area contributed by atoms with E-state index in [1.54, 1.807) is 0 Å². The van der Waals surface area contributed by atoms with Crippen LogP contribution in [0.4, 0.5) is 0 Å². The zero-order valence-corrected chi connectivity index (χ0v) is 7.87. The molecule has 0 radical (unpaired) electrons. The third kappa shape index (κ3) is 1.84. The van der Waals surface area contributed by atoms with Crippen molar-refractivity contribution in [2.45, 2.75) is 4.90 Å². The molecule has 2 N–H and O–H groups in total. The van der Waals surface area contributed by atoms with Crippen molar-refractivity contribution in [3.05, 3.63) is 15.3 Å². The predicted octanol–water partition coefficient (Wildman–Crippen LogP) is 1.68. The van der Waals surface area contributed by atoms with Crippen molar-refractivity contribution in [3.8, 4) is 0 Å². The van der Waals surface area contributed by atoms with Gasteiger partial charge in [0.2, 0.25) is 0 Å². The number of rotatable bonds is 2. The second-order valence-electron chi connectivity index (χ2n) is 1.80. The first-order chi connectivity index (χ1) is 5.52. The highest BCUT2D eigenvalue weighted by atomic mass is 35.5. The number of hydrogen-bond acceptors (Lipinski definition) is 3. The second-order valence-corrected chi connectivity index (χ2v) is 4.42. The zero-order valence-electron chi connectivity index (χ0n) is 5.48. The summed E-state index contributed by atoms with van der Waals surface area (Å²) in [6.07, 6.45) is 0. The molecule has 0 bridgehead atoms. The Morgan fingerprint density at radius 1 is 1.67 bits per heavy atom. The minimum atomic E-state index is -2.30. The molecule has 1 unspecified atom stereocenters. The molecule has 1 rings (SSSR count). The Morgan fingerprint density at radius 3 is 2.58 bits per heavy atom. The standard InChI is InChI=1S/C5H3ClO4S2/c6-3-1-2(12(9)10)4(11-3)5(7)8/h1H,(H,7,8)(H,9,10). The largest absolute Gasteiger partial charge is 0.477 e. The fourth-order valence-electron chi connectivity index (χ4n) is 0.625. The van der Waals surface area contributed by atoms with Crippen LogP contribution < -0.4 is 0 Å². The van der Waals surface area contributed by atoms with Crippen LogP contribution in [0.25, 0.3) is 0 Å². The van der Waals surface area contributed by atoms with Crippen molar-refractivity contribution < 1.29 is 18.7 Å². The van der Waals surface area contributed by atoms with E-state index >= 15 is 0 Å². The van der Waals surface area contributed by atoms with Crippen molar-refractivity contribution in [2.24, 2.45) is 0 Å². The molecule has 0 saturated carbocycles. The predicted molar refractivity (Wildman–Crippen MR) is 45.3 cm³/mol. The van der Waals surface area contributed by atoms with Crippen LogP contribution in [0.3, 0.4) is 0 Å². The molecule has 0 aliphatic heterocycles. The Bertz CT molecular complexity index is 314. The van der Waals surface area contributed by atoms with E-state index < -0.39 is 17.0 Å². The van der Waals surface area contributed by atoms with E-state index in [1.807, 2.05) is 0 Å². The van der Waals surface area contributed by atoms with E-state index in [-0.39, 0.29) is 14.1 Å². The molecule has 1 heterocycles. The number of aromatic carboxylic acids is 1. The SMILES string of the molecule is O=C(O)c1sc(Cl)cc1S(=O)O. The summed E-state index contributed by atoms with van der Waals surface area (Å²) in [5, 5.41) is 8.53. The summed E-state index contributed by atoms with van der Waals surface area (Å²) >= 11 is 3.93. The lowest BCUT2D eigenvalue weighted by Gasteiger charge is -1.90. The molecule has 0 amide bonds. The van der Waals surface area contributed by atoms with Crippen LogP contribution in [0, 0.1) is 0 Å². The van der Waals surface area contributed by atoms with Gasteiger partial charge in [-0.1, -0.05) is 11.6 Å². The molecule has 0 fully saturated rings. The number of hydrogen-bond donors (Lipinski definition) is 2. The molecule has 0 aliphatic rings. The molecule has 4 nitrogen and oxygen atoms in total. The first kappa shape index (κ1) is 9.66. The van der Waals surface area contributed by atoms with Crippen LogP contribution >= 0.6 is 22.9 Å². The van der Waals surface area contributed by atoms with Gasteiger partial charge >= 0.3 is 5.97 Å². The average Bonchev–Trinajstić information content (AvgIpc) is 2.31. The highest BCUT2D eigenvalue weighted by molar-refractivity contribution is 7.79. The average molecular weight is 227 g/mol. The van der Waals surface area contributed by atoms with Crippen LogP contribution in [-0.4, -0.2) is 19.8 Å². The molecule has 12 heavy (non-hydrogen) atoms. The quantitative estimate of drug-likeness (QED) is 0.753. The molecule has 7 heteroatoms. The van der Waals surface area contributed by atoms with Crippen molar-refractivity contribution in [1.29, 1.82) is 0 Å². The van der Waals surface area contributed by atoms with Crippen molar-refractivity contribution in [3.63, 3.8) is 0 Å². The zero-order chi connectivity index (χ0) is 9.30. The van der Waals surface area contributed by atoms with E-state index in [0.29, 0.717) is 0 Å². The molecule has 66 valence electrons. The van der Waals surface area contributed by atoms with Crippen molar-refractivity contribution >= 4 is 40.0 Å². The summed E-state index contributed by atoms with van der Waals surface area (Å²) in [5.41, 5.74) is 0. The van der Waals surface area contributed by atoms with Gasteiger partial charge < -0.3 is 9.66 Å². The smallest absolute Gasteiger partial charge is 0.347 e. The number of carbonyl (C=O) groups is 1. The van der Waals surface area contributed by atoms with E-state index in [4.69, 9.17) is 21.3 Å². The maximum Gasteiger partial charge on any atom is 0.347 e. The molecule has 0 spiro atoms. The van der Waals surface area contributed by atoms with Crippen molar-refractivity contribution in [1.82, 2.24) is 0 Å². The monoisotopic (exact) mass is 226 g/mol. The third-order valence-corrected chi connectivity index (χ3v) is 3.13. The second kappa shape index (κ2) is 3.53. The summed E-state index contributed by atoms with van der Waals surface area (Å²) in [5.74, 6) is -1.25. The van der Waals surface area contributed by atoms with Gasteiger partial charge in [0.05, 0.1) is 9.23 Å². The van der Waals surface area contributed by atoms with Gasteiger partial charge in [0, 0.05) is 0 Å². The van der Waals surface area contributed by atoms with Gasteiger partial charge in [0.25, 0.3) is 0 Å². The lowest BCUT2D eigenvalue weighted by Crippen LogP contribution is -1.98.